The van der Waals surface area contributed by atoms with Crippen molar-refractivity contribution in [2.24, 2.45) is 0 Å². The van der Waals surface area contributed by atoms with Crippen LogP contribution in [0.5, 0.6) is 0 Å². The summed E-state index contributed by atoms with van der Waals surface area (Å²) in [5.41, 5.74) is 2.84. The topological polar surface area (TPSA) is 99.9 Å². The summed E-state index contributed by atoms with van der Waals surface area (Å²) in [5.74, 6) is 0.364. The van der Waals surface area contributed by atoms with Gasteiger partial charge in [-0.05, 0) is 43.8 Å². The Morgan fingerprint density at radius 2 is 1.97 bits per heavy atom. The van der Waals surface area contributed by atoms with Gasteiger partial charge in [0.05, 0.1) is 17.9 Å². The second-order valence-electron chi connectivity index (χ2n) is 7.65. The predicted octanol–water partition coefficient (Wildman–Crippen LogP) is 1.54. The van der Waals surface area contributed by atoms with Crippen LogP contribution in [0.25, 0.3) is 5.65 Å². The summed E-state index contributed by atoms with van der Waals surface area (Å²) in [6.45, 7) is 3.27. The Morgan fingerprint density at radius 3 is 2.70 bits per heavy atom. The van der Waals surface area contributed by atoms with Gasteiger partial charge >= 0.3 is 0 Å². The molecule has 3 heterocycles. The molecular weight excluding hydrogens is 404 g/mol. The molecule has 1 amide bonds. The van der Waals surface area contributed by atoms with Crippen molar-refractivity contribution in [3.63, 3.8) is 0 Å². The molecule has 1 aliphatic heterocycles. The highest BCUT2D eigenvalue weighted by Gasteiger charge is 2.33. The van der Waals surface area contributed by atoms with Crippen LogP contribution in [0.3, 0.4) is 0 Å². The van der Waals surface area contributed by atoms with Crippen LogP contribution in [0.2, 0.25) is 0 Å². The minimum Gasteiger partial charge on any atom is -0.322 e. The molecule has 1 saturated heterocycles. The number of carbonyl (C=O) groups excluding carboxylic acids is 1. The fourth-order valence-electron chi connectivity index (χ4n) is 3.62. The summed E-state index contributed by atoms with van der Waals surface area (Å²) in [4.78, 5) is 14.8. The first-order valence-electron chi connectivity index (χ1n) is 9.60. The lowest BCUT2D eigenvalue weighted by Crippen LogP contribution is -2.49. The largest absolute Gasteiger partial charge is 0.322 e. The highest BCUT2D eigenvalue weighted by Crippen LogP contribution is 2.25. The van der Waals surface area contributed by atoms with Crippen molar-refractivity contribution in [1.82, 2.24) is 23.8 Å². The number of carbonyl (C=O) groups is 1. The molecule has 10 heteroatoms. The normalized spacial score (nSPS) is 18.6. The zero-order valence-electron chi connectivity index (χ0n) is 17.1. The number of hydrogen-bond acceptors (Lipinski definition) is 6. The van der Waals surface area contributed by atoms with E-state index < -0.39 is 10.0 Å². The van der Waals surface area contributed by atoms with Gasteiger partial charge in [0.1, 0.15) is 0 Å². The Bertz CT molecular complexity index is 1210. The van der Waals surface area contributed by atoms with Gasteiger partial charge in [-0.25, -0.2) is 8.42 Å². The van der Waals surface area contributed by atoms with Crippen LogP contribution >= 0.6 is 0 Å². The molecule has 2 aromatic heterocycles. The molecule has 0 unspecified atom stereocenters. The zero-order valence-corrected chi connectivity index (χ0v) is 17.9. The van der Waals surface area contributed by atoms with Crippen LogP contribution in [0.4, 0.5) is 5.69 Å². The molecule has 0 saturated carbocycles. The first-order valence-corrected chi connectivity index (χ1v) is 11.5. The first kappa shape index (κ1) is 20.5. The molecule has 3 aromatic rings. The number of nitrogens with one attached hydrogen (secondary N) is 1. The lowest BCUT2D eigenvalue weighted by Gasteiger charge is -2.37. The Hall–Kier alpha value is -2.82. The van der Waals surface area contributed by atoms with Crippen LogP contribution in [-0.4, -0.2) is 71.1 Å². The number of aromatic nitrogens is 3. The smallest absolute Gasteiger partial charge is 0.257 e. The van der Waals surface area contributed by atoms with Gasteiger partial charge in [0.2, 0.25) is 10.0 Å². The summed E-state index contributed by atoms with van der Waals surface area (Å²) in [5, 5.41) is 11.4. The second-order valence-corrected chi connectivity index (χ2v) is 9.63. The molecule has 4 rings (SSSR count). The van der Waals surface area contributed by atoms with Crippen LogP contribution in [-0.2, 0) is 10.0 Å². The summed E-state index contributed by atoms with van der Waals surface area (Å²) < 4.78 is 27.3. The minimum atomic E-state index is -3.30. The van der Waals surface area contributed by atoms with Crippen molar-refractivity contribution in [3.05, 3.63) is 59.5 Å². The second kappa shape index (κ2) is 7.78. The maximum absolute atomic E-state index is 12.8. The number of hydrogen-bond donors (Lipinski definition) is 1. The molecule has 1 atom stereocenters. The van der Waals surface area contributed by atoms with E-state index in [0.717, 1.165) is 11.3 Å². The van der Waals surface area contributed by atoms with Gasteiger partial charge in [-0.3, -0.25) is 14.1 Å². The third-order valence-electron chi connectivity index (χ3n) is 5.34. The zero-order chi connectivity index (χ0) is 21.5. The number of benzene rings is 1. The van der Waals surface area contributed by atoms with Crippen molar-refractivity contribution in [3.8, 4) is 0 Å². The van der Waals surface area contributed by atoms with E-state index in [0.29, 0.717) is 30.1 Å². The summed E-state index contributed by atoms with van der Waals surface area (Å²) in [7, 11) is -1.37. The lowest BCUT2D eigenvalue weighted by molar-refractivity contribution is 0.102. The van der Waals surface area contributed by atoms with Gasteiger partial charge in [0, 0.05) is 31.5 Å². The number of pyridine rings is 1. The van der Waals surface area contributed by atoms with Gasteiger partial charge in [-0.2, -0.15) is 4.31 Å². The van der Waals surface area contributed by atoms with Crippen LogP contribution in [0.1, 0.15) is 27.8 Å². The molecule has 9 nitrogen and oxygen atoms in total. The molecule has 0 radical (unpaired) electrons. The lowest BCUT2D eigenvalue weighted by atomic mass is 10.2. The predicted molar refractivity (Wildman–Crippen MR) is 114 cm³/mol. The number of aryl methyl sites for hydroxylation is 1. The number of amides is 1. The molecule has 0 spiro atoms. The third kappa shape index (κ3) is 4.07. The SMILES string of the molecule is Cc1cccc(NC(=O)c2ccc3nnc([C@H]4CN(S(C)(=O)=O)CCN4C)n3c2)c1. The van der Waals surface area contributed by atoms with E-state index in [2.05, 4.69) is 20.4 Å². The maximum atomic E-state index is 12.8. The van der Waals surface area contributed by atoms with E-state index in [1.165, 1.54) is 10.6 Å². The van der Waals surface area contributed by atoms with E-state index in [1.54, 1.807) is 22.7 Å². The number of nitrogens with zero attached hydrogens (tertiary/aromatic N) is 5. The summed E-state index contributed by atoms with van der Waals surface area (Å²) in [6.07, 6.45) is 2.91. The first-order chi connectivity index (χ1) is 14.2. The Labute approximate surface area is 175 Å². The molecule has 1 fully saturated rings. The van der Waals surface area contributed by atoms with E-state index in [9.17, 15) is 13.2 Å². The van der Waals surface area contributed by atoms with Crippen molar-refractivity contribution >= 4 is 27.3 Å². The quantitative estimate of drug-likeness (QED) is 0.677. The summed E-state index contributed by atoms with van der Waals surface area (Å²) in [6, 6.07) is 10.8. The van der Waals surface area contributed by atoms with E-state index in [-0.39, 0.29) is 18.5 Å². The average molecular weight is 429 g/mol. The molecule has 158 valence electrons. The minimum absolute atomic E-state index is 0.239. The monoisotopic (exact) mass is 428 g/mol. The summed E-state index contributed by atoms with van der Waals surface area (Å²) >= 11 is 0. The van der Waals surface area contributed by atoms with Gasteiger partial charge < -0.3 is 5.32 Å². The number of rotatable bonds is 4. The number of sulfonamides is 1. The maximum Gasteiger partial charge on any atom is 0.257 e. The number of likely N-dealkylation sites (N-methyl/N-ethyl adjacent to an activating group) is 1. The van der Waals surface area contributed by atoms with E-state index in [1.807, 2.05) is 38.2 Å². The Kier molecular flexibility index (Phi) is 5.31. The highest BCUT2D eigenvalue weighted by molar-refractivity contribution is 7.88. The fraction of sp³-hybridized carbons (Fsp3) is 0.350. The standard InChI is InChI=1S/C20H24N6O3S/c1-14-5-4-6-16(11-14)21-20(27)15-7-8-18-22-23-19(26(18)12-15)17-13-25(30(3,28)29)10-9-24(17)2/h4-8,11-12,17H,9-10,13H2,1-3H3,(H,21,27)/t17-/m1/s1. The van der Waals surface area contributed by atoms with Crippen LogP contribution in [0.15, 0.2) is 42.6 Å². The van der Waals surface area contributed by atoms with E-state index in [4.69, 9.17) is 0 Å². The highest BCUT2D eigenvalue weighted by atomic mass is 32.2. The van der Waals surface area contributed by atoms with Gasteiger partial charge in [0.15, 0.2) is 11.5 Å². The third-order valence-corrected chi connectivity index (χ3v) is 6.61. The average Bonchev–Trinajstić information content (AvgIpc) is 3.10. The number of fused-ring (bicyclic) bond motifs is 1. The van der Waals surface area contributed by atoms with Crippen LogP contribution < -0.4 is 5.32 Å². The molecule has 0 aliphatic carbocycles. The van der Waals surface area contributed by atoms with Gasteiger partial charge in [0.25, 0.3) is 5.91 Å². The molecule has 0 bridgehead atoms. The van der Waals surface area contributed by atoms with Crippen LogP contribution in [0, 0.1) is 6.92 Å². The van der Waals surface area contributed by atoms with Crippen molar-refractivity contribution < 1.29 is 13.2 Å². The fourth-order valence-corrected chi connectivity index (χ4v) is 4.45. The van der Waals surface area contributed by atoms with Gasteiger partial charge in [-0.15, -0.1) is 10.2 Å². The Balaban J connectivity index is 1.65. The molecule has 1 N–H and O–H groups in total. The van der Waals surface area contributed by atoms with E-state index >= 15 is 0 Å². The van der Waals surface area contributed by atoms with Crippen molar-refractivity contribution in [1.29, 1.82) is 0 Å². The molecule has 1 aromatic carbocycles. The molecular formula is C20H24N6O3S. The number of piperazine rings is 1. The Morgan fingerprint density at radius 1 is 1.17 bits per heavy atom. The van der Waals surface area contributed by atoms with Crippen molar-refractivity contribution in [2.45, 2.75) is 13.0 Å². The molecule has 30 heavy (non-hydrogen) atoms. The number of anilines is 1. The van der Waals surface area contributed by atoms with Gasteiger partial charge in [-0.1, -0.05) is 12.1 Å². The van der Waals surface area contributed by atoms with Crippen molar-refractivity contribution in [2.75, 3.05) is 38.3 Å². The molecule has 1 aliphatic rings.